The summed E-state index contributed by atoms with van der Waals surface area (Å²) in [5.41, 5.74) is 0.390. The molecule has 0 bridgehead atoms. The van der Waals surface area contributed by atoms with Crippen molar-refractivity contribution in [1.82, 2.24) is 4.31 Å². The van der Waals surface area contributed by atoms with E-state index in [4.69, 9.17) is 30.5 Å². The second kappa shape index (κ2) is 10.0. The summed E-state index contributed by atoms with van der Waals surface area (Å²) in [5, 5.41) is 2.61. The molecule has 10 nitrogen and oxygen atoms in total. The largest absolute Gasteiger partial charge is 0.454 e. The summed E-state index contributed by atoms with van der Waals surface area (Å²) in [7, 11) is -3.99. The Hall–Kier alpha value is -2.86. The molecule has 1 N–H and O–H groups in total. The second-order valence-electron chi connectivity index (χ2n) is 8.33. The minimum atomic E-state index is -3.99. The molecule has 0 unspecified atom stereocenters. The van der Waals surface area contributed by atoms with E-state index in [0.29, 0.717) is 17.2 Å². The number of anilines is 1. The van der Waals surface area contributed by atoms with Gasteiger partial charge in [0.25, 0.3) is 5.91 Å². The average Bonchev–Trinajstić information content (AvgIpc) is 3.26. The third-order valence-electron chi connectivity index (χ3n) is 5.46. The highest BCUT2D eigenvalue weighted by atomic mass is 35.5. The molecule has 2 heterocycles. The zero-order valence-electron chi connectivity index (χ0n) is 19.3. The van der Waals surface area contributed by atoms with E-state index in [1.807, 2.05) is 0 Å². The third-order valence-corrected chi connectivity index (χ3v) is 7.78. The molecule has 2 aromatic rings. The number of amides is 1. The molecule has 2 aromatic carbocycles. The standard InChI is InChI=1S/C23H25ClN2O8S/c1-13-10-26(11-14(2)33-13)35(29,30)21-8-16(4-6-18(21)24)23(28)34-15(3)22(27)25-17-5-7-19-20(9-17)32-12-31-19/h4-9,13-15H,10-12H2,1-3H3,(H,25,27)/t13-,14-,15-/m0/s1. The molecule has 2 aliphatic heterocycles. The molecule has 1 amide bonds. The van der Waals surface area contributed by atoms with E-state index >= 15 is 0 Å². The molecule has 0 radical (unpaired) electrons. The Morgan fingerprint density at radius 2 is 1.77 bits per heavy atom. The molecule has 0 spiro atoms. The number of nitrogens with one attached hydrogen (secondary N) is 1. The van der Waals surface area contributed by atoms with Crippen molar-refractivity contribution in [1.29, 1.82) is 0 Å². The van der Waals surface area contributed by atoms with Crippen molar-refractivity contribution in [2.45, 2.75) is 44.0 Å². The first-order valence-corrected chi connectivity index (χ1v) is 12.7. The van der Waals surface area contributed by atoms with Crippen molar-refractivity contribution in [3.05, 3.63) is 47.0 Å². The lowest BCUT2D eigenvalue weighted by molar-refractivity contribution is -0.123. The van der Waals surface area contributed by atoms with Crippen molar-refractivity contribution < 1.29 is 37.0 Å². The van der Waals surface area contributed by atoms with Gasteiger partial charge in [0, 0.05) is 24.8 Å². The number of carbonyl (C=O) groups is 2. The molecule has 188 valence electrons. The van der Waals surface area contributed by atoms with Gasteiger partial charge in [-0.2, -0.15) is 4.31 Å². The second-order valence-corrected chi connectivity index (χ2v) is 10.6. The van der Waals surface area contributed by atoms with Crippen molar-refractivity contribution in [3.8, 4) is 11.5 Å². The SMILES string of the molecule is C[C@H](OC(=O)c1ccc(Cl)c(S(=O)(=O)N2C[C@H](C)O[C@@H](C)C2)c1)C(=O)Nc1ccc2c(c1)OCO2. The summed E-state index contributed by atoms with van der Waals surface area (Å²) >= 11 is 6.19. The van der Waals surface area contributed by atoms with Gasteiger partial charge in [0.1, 0.15) is 4.90 Å². The first kappa shape index (κ1) is 25.2. The first-order chi connectivity index (χ1) is 16.5. The summed E-state index contributed by atoms with van der Waals surface area (Å²) in [6, 6.07) is 8.70. The number of carbonyl (C=O) groups excluding carboxylic acids is 2. The molecule has 0 aliphatic carbocycles. The predicted octanol–water partition coefficient (Wildman–Crippen LogP) is 3.05. The molecule has 35 heavy (non-hydrogen) atoms. The molecular formula is C23H25ClN2O8S. The zero-order valence-corrected chi connectivity index (χ0v) is 20.9. The van der Waals surface area contributed by atoms with Crippen LogP contribution in [0.4, 0.5) is 5.69 Å². The van der Waals surface area contributed by atoms with Gasteiger partial charge in [0.15, 0.2) is 17.6 Å². The number of halogens is 1. The highest BCUT2D eigenvalue weighted by molar-refractivity contribution is 7.89. The molecule has 12 heteroatoms. The van der Waals surface area contributed by atoms with E-state index in [-0.39, 0.29) is 47.6 Å². The van der Waals surface area contributed by atoms with Crippen LogP contribution in [0, 0.1) is 0 Å². The van der Waals surface area contributed by atoms with E-state index in [0.717, 1.165) is 6.07 Å². The lowest BCUT2D eigenvalue weighted by atomic mass is 10.2. The summed E-state index contributed by atoms with van der Waals surface area (Å²) in [6.07, 6.45) is -1.74. The van der Waals surface area contributed by atoms with Gasteiger partial charge in [-0.25, -0.2) is 13.2 Å². The summed E-state index contributed by atoms with van der Waals surface area (Å²) in [5.74, 6) is -0.381. The molecule has 1 fully saturated rings. The predicted molar refractivity (Wildman–Crippen MR) is 126 cm³/mol. The molecule has 0 aromatic heterocycles. The van der Waals surface area contributed by atoms with Crippen LogP contribution in [0.25, 0.3) is 0 Å². The van der Waals surface area contributed by atoms with Gasteiger partial charge in [0.2, 0.25) is 16.8 Å². The highest BCUT2D eigenvalue weighted by Gasteiger charge is 2.34. The van der Waals surface area contributed by atoms with Crippen molar-refractivity contribution in [2.24, 2.45) is 0 Å². The number of morpholine rings is 1. The number of benzene rings is 2. The minimum Gasteiger partial charge on any atom is -0.454 e. The molecular weight excluding hydrogens is 500 g/mol. The molecule has 3 atom stereocenters. The maximum absolute atomic E-state index is 13.2. The third kappa shape index (κ3) is 5.53. The van der Waals surface area contributed by atoms with Crippen LogP contribution in [0.15, 0.2) is 41.3 Å². The molecule has 4 rings (SSSR count). The van der Waals surface area contributed by atoms with E-state index < -0.39 is 28.0 Å². The van der Waals surface area contributed by atoms with Gasteiger partial charge in [-0.15, -0.1) is 0 Å². The van der Waals surface area contributed by atoms with E-state index in [2.05, 4.69) is 5.32 Å². The molecule has 2 aliphatic rings. The van der Waals surface area contributed by atoms with Crippen molar-refractivity contribution in [3.63, 3.8) is 0 Å². The number of rotatable bonds is 6. The van der Waals surface area contributed by atoms with Crippen LogP contribution in [-0.4, -0.2) is 62.8 Å². The van der Waals surface area contributed by atoms with Crippen LogP contribution in [0.3, 0.4) is 0 Å². The maximum Gasteiger partial charge on any atom is 0.338 e. The quantitative estimate of drug-likeness (QED) is 0.572. The fourth-order valence-corrected chi connectivity index (χ4v) is 5.89. The summed E-state index contributed by atoms with van der Waals surface area (Å²) in [4.78, 5) is 25.0. The van der Waals surface area contributed by atoms with E-state index in [9.17, 15) is 18.0 Å². The molecule has 0 saturated carbocycles. The topological polar surface area (TPSA) is 120 Å². The smallest absolute Gasteiger partial charge is 0.338 e. The van der Waals surface area contributed by atoms with Gasteiger partial charge >= 0.3 is 5.97 Å². The van der Waals surface area contributed by atoms with Gasteiger partial charge < -0.3 is 24.3 Å². The summed E-state index contributed by atoms with van der Waals surface area (Å²) < 4.78 is 49.1. The number of hydrogen-bond acceptors (Lipinski definition) is 8. The number of sulfonamides is 1. The fourth-order valence-electron chi connectivity index (χ4n) is 3.79. The first-order valence-electron chi connectivity index (χ1n) is 10.9. The van der Waals surface area contributed by atoms with Crippen LogP contribution >= 0.6 is 11.6 Å². The minimum absolute atomic E-state index is 0.0260. The van der Waals surface area contributed by atoms with Crippen LogP contribution in [0.2, 0.25) is 5.02 Å². The van der Waals surface area contributed by atoms with Crippen LogP contribution in [0.5, 0.6) is 11.5 Å². The Bertz CT molecular complexity index is 1240. The van der Waals surface area contributed by atoms with Gasteiger partial charge in [-0.3, -0.25) is 4.79 Å². The number of hydrogen-bond donors (Lipinski definition) is 1. The van der Waals surface area contributed by atoms with Crippen LogP contribution in [0.1, 0.15) is 31.1 Å². The van der Waals surface area contributed by atoms with Crippen molar-refractivity contribution in [2.75, 3.05) is 25.2 Å². The fraction of sp³-hybridized carbons (Fsp3) is 0.391. The number of ether oxygens (including phenoxy) is 4. The van der Waals surface area contributed by atoms with Gasteiger partial charge in [0.05, 0.1) is 22.8 Å². The number of nitrogens with zero attached hydrogens (tertiary/aromatic N) is 1. The Labute approximate surface area is 208 Å². The Morgan fingerprint density at radius 1 is 1.09 bits per heavy atom. The average molecular weight is 525 g/mol. The Morgan fingerprint density at radius 3 is 2.49 bits per heavy atom. The van der Waals surface area contributed by atoms with Crippen LogP contribution in [-0.2, 0) is 24.3 Å². The monoisotopic (exact) mass is 524 g/mol. The Balaban J connectivity index is 1.46. The van der Waals surface area contributed by atoms with Crippen LogP contribution < -0.4 is 14.8 Å². The maximum atomic E-state index is 13.2. The lowest BCUT2D eigenvalue weighted by Gasteiger charge is -2.34. The highest BCUT2D eigenvalue weighted by Crippen LogP contribution is 2.34. The lowest BCUT2D eigenvalue weighted by Crippen LogP contribution is -2.48. The van der Waals surface area contributed by atoms with E-state index in [1.165, 1.54) is 23.4 Å². The van der Waals surface area contributed by atoms with Gasteiger partial charge in [-0.05, 0) is 51.1 Å². The number of esters is 1. The van der Waals surface area contributed by atoms with E-state index in [1.54, 1.807) is 32.0 Å². The molecule has 1 saturated heterocycles. The Kier molecular flexibility index (Phi) is 7.22. The van der Waals surface area contributed by atoms with Crippen molar-refractivity contribution >= 4 is 39.2 Å². The number of fused-ring (bicyclic) bond motifs is 1. The zero-order chi connectivity index (χ0) is 25.3. The van der Waals surface area contributed by atoms with Gasteiger partial charge in [-0.1, -0.05) is 11.6 Å². The normalized spacial score (nSPS) is 20.8. The summed E-state index contributed by atoms with van der Waals surface area (Å²) in [6.45, 7) is 5.39.